The van der Waals surface area contributed by atoms with Crippen molar-refractivity contribution < 1.29 is 9.13 Å². The molecule has 18 heavy (non-hydrogen) atoms. The molecule has 1 nitrogen and oxygen atoms in total. The number of rotatable bonds is 8. The first-order valence-corrected chi connectivity index (χ1v) is 7.47. The second-order valence-corrected chi connectivity index (χ2v) is 5.63. The fraction of sp³-hybridized carbons (Fsp3) is 0.600. The molecule has 102 valence electrons. The lowest BCUT2D eigenvalue weighted by molar-refractivity contribution is 0.0818. The standard InChI is InChI=1S/C15H22BrFO/c1-3-5-6-12(4-2)10-18-11-13-7-14(16)9-15(17)8-13/h7-9,12H,3-6,10-11H2,1-2H3. The Labute approximate surface area is 118 Å². The smallest absolute Gasteiger partial charge is 0.124 e. The van der Waals surface area contributed by atoms with Crippen LogP contribution in [0, 0.1) is 11.7 Å². The van der Waals surface area contributed by atoms with E-state index in [1.54, 1.807) is 0 Å². The molecule has 1 aromatic carbocycles. The Morgan fingerprint density at radius 1 is 1.28 bits per heavy atom. The maximum absolute atomic E-state index is 13.2. The van der Waals surface area contributed by atoms with Crippen molar-refractivity contribution in [2.24, 2.45) is 5.92 Å². The molecule has 3 heteroatoms. The van der Waals surface area contributed by atoms with Gasteiger partial charge >= 0.3 is 0 Å². The van der Waals surface area contributed by atoms with E-state index in [-0.39, 0.29) is 5.82 Å². The minimum absolute atomic E-state index is 0.221. The second kappa shape index (κ2) is 8.65. The van der Waals surface area contributed by atoms with Crippen molar-refractivity contribution in [2.45, 2.75) is 46.1 Å². The van der Waals surface area contributed by atoms with Crippen molar-refractivity contribution >= 4 is 15.9 Å². The molecule has 0 saturated heterocycles. The molecule has 0 aromatic heterocycles. The minimum atomic E-state index is -0.221. The lowest BCUT2D eigenvalue weighted by atomic mass is 10.0. The van der Waals surface area contributed by atoms with Gasteiger partial charge in [-0.1, -0.05) is 49.0 Å². The maximum atomic E-state index is 13.2. The summed E-state index contributed by atoms with van der Waals surface area (Å²) >= 11 is 3.29. The van der Waals surface area contributed by atoms with Crippen molar-refractivity contribution in [3.8, 4) is 0 Å². The molecular formula is C15H22BrFO. The summed E-state index contributed by atoms with van der Waals surface area (Å²) < 4.78 is 19.6. The minimum Gasteiger partial charge on any atom is -0.376 e. The summed E-state index contributed by atoms with van der Waals surface area (Å²) in [5.41, 5.74) is 0.882. The quantitative estimate of drug-likeness (QED) is 0.630. The van der Waals surface area contributed by atoms with E-state index in [9.17, 15) is 4.39 Å². The highest BCUT2D eigenvalue weighted by Crippen LogP contribution is 2.17. The zero-order valence-electron chi connectivity index (χ0n) is 11.2. The van der Waals surface area contributed by atoms with Crippen LogP contribution in [0.2, 0.25) is 0 Å². The normalized spacial score (nSPS) is 12.7. The van der Waals surface area contributed by atoms with Gasteiger partial charge in [-0.2, -0.15) is 0 Å². The van der Waals surface area contributed by atoms with Gasteiger partial charge in [0.1, 0.15) is 5.82 Å². The molecule has 0 aliphatic heterocycles. The SMILES string of the molecule is CCCCC(CC)COCc1cc(F)cc(Br)c1. The summed E-state index contributed by atoms with van der Waals surface area (Å²) in [6, 6.07) is 4.88. The Morgan fingerprint density at radius 3 is 2.67 bits per heavy atom. The lowest BCUT2D eigenvalue weighted by Gasteiger charge is -2.14. The van der Waals surface area contributed by atoms with E-state index in [1.165, 1.54) is 31.4 Å². The lowest BCUT2D eigenvalue weighted by Crippen LogP contribution is -2.09. The molecule has 0 heterocycles. The van der Waals surface area contributed by atoms with Crippen LogP contribution in [0.1, 0.15) is 45.1 Å². The molecule has 0 spiro atoms. The van der Waals surface area contributed by atoms with Gasteiger partial charge in [-0.3, -0.25) is 0 Å². The van der Waals surface area contributed by atoms with E-state index in [2.05, 4.69) is 29.8 Å². The first-order valence-electron chi connectivity index (χ1n) is 6.68. The summed E-state index contributed by atoms with van der Waals surface area (Å²) in [4.78, 5) is 0. The summed E-state index contributed by atoms with van der Waals surface area (Å²) in [7, 11) is 0. The van der Waals surface area contributed by atoms with Crippen LogP contribution < -0.4 is 0 Å². The maximum Gasteiger partial charge on any atom is 0.124 e. The number of hydrogen-bond donors (Lipinski definition) is 0. The predicted molar refractivity (Wildman–Crippen MR) is 77.1 cm³/mol. The molecule has 1 unspecified atom stereocenters. The molecule has 0 aliphatic carbocycles. The highest BCUT2D eigenvalue weighted by molar-refractivity contribution is 9.10. The molecule has 0 aliphatic rings. The van der Waals surface area contributed by atoms with E-state index in [0.29, 0.717) is 12.5 Å². The Balaban J connectivity index is 2.35. The molecule has 1 aromatic rings. The first-order chi connectivity index (χ1) is 8.65. The molecular weight excluding hydrogens is 295 g/mol. The number of benzene rings is 1. The third-order valence-corrected chi connectivity index (χ3v) is 3.55. The summed E-state index contributed by atoms with van der Waals surface area (Å²) in [6.45, 7) is 5.66. The molecule has 0 bridgehead atoms. The van der Waals surface area contributed by atoms with Gasteiger partial charge in [0, 0.05) is 11.1 Å². The molecule has 1 rings (SSSR count). The van der Waals surface area contributed by atoms with E-state index < -0.39 is 0 Å². The van der Waals surface area contributed by atoms with Crippen LogP contribution >= 0.6 is 15.9 Å². The van der Waals surface area contributed by atoms with Crippen LogP contribution in [-0.2, 0) is 11.3 Å². The van der Waals surface area contributed by atoms with Crippen LogP contribution in [-0.4, -0.2) is 6.61 Å². The van der Waals surface area contributed by atoms with Gasteiger partial charge in [0.25, 0.3) is 0 Å². The summed E-state index contributed by atoms with van der Waals surface area (Å²) in [5.74, 6) is 0.406. The van der Waals surface area contributed by atoms with Crippen LogP contribution in [0.15, 0.2) is 22.7 Å². The van der Waals surface area contributed by atoms with Crippen LogP contribution in [0.5, 0.6) is 0 Å². The second-order valence-electron chi connectivity index (χ2n) is 4.71. The molecule has 0 N–H and O–H groups in total. The monoisotopic (exact) mass is 316 g/mol. The van der Waals surface area contributed by atoms with Gasteiger partial charge in [-0.05, 0) is 36.1 Å². The number of unbranched alkanes of at least 4 members (excludes halogenated alkanes) is 1. The Kier molecular flexibility index (Phi) is 7.52. The fourth-order valence-corrected chi connectivity index (χ4v) is 2.45. The van der Waals surface area contributed by atoms with Gasteiger partial charge in [0.15, 0.2) is 0 Å². The third-order valence-electron chi connectivity index (χ3n) is 3.09. The zero-order valence-corrected chi connectivity index (χ0v) is 12.8. The zero-order chi connectivity index (χ0) is 13.4. The number of halogens is 2. The van der Waals surface area contributed by atoms with E-state index in [0.717, 1.165) is 23.1 Å². The third kappa shape index (κ3) is 5.96. The molecule has 0 amide bonds. The van der Waals surface area contributed by atoms with Crippen LogP contribution in [0.4, 0.5) is 4.39 Å². The van der Waals surface area contributed by atoms with Crippen molar-refractivity contribution in [3.63, 3.8) is 0 Å². The molecule has 0 radical (unpaired) electrons. The van der Waals surface area contributed by atoms with Gasteiger partial charge < -0.3 is 4.74 Å². The highest BCUT2D eigenvalue weighted by Gasteiger charge is 2.06. The van der Waals surface area contributed by atoms with Crippen molar-refractivity contribution in [1.29, 1.82) is 0 Å². The average Bonchev–Trinajstić information content (AvgIpc) is 2.32. The molecule has 1 atom stereocenters. The van der Waals surface area contributed by atoms with Gasteiger partial charge in [0.2, 0.25) is 0 Å². The Bertz CT molecular complexity index is 334. The predicted octanol–water partition coefficient (Wildman–Crippen LogP) is 5.32. The molecule has 0 saturated carbocycles. The van der Waals surface area contributed by atoms with Crippen molar-refractivity contribution in [1.82, 2.24) is 0 Å². The van der Waals surface area contributed by atoms with Gasteiger partial charge in [-0.15, -0.1) is 0 Å². The summed E-state index contributed by atoms with van der Waals surface area (Å²) in [6.07, 6.45) is 4.85. The van der Waals surface area contributed by atoms with Gasteiger partial charge in [0.05, 0.1) is 6.61 Å². The number of hydrogen-bond acceptors (Lipinski definition) is 1. The molecule has 0 fully saturated rings. The van der Waals surface area contributed by atoms with E-state index >= 15 is 0 Å². The van der Waals surface area contributed by atoms with Crippen LogP contribution in [0.25, 0.3) is 0 Å². The van der Waals surface area contributed by atoms with Crippen LogP contribution in [0.3, 0.4) is 0 Å². The van der Waals surface area contributed by atoms with Crippen molar-refractivity contribution in [2.75, 3.05) is 6.61 Å². The topological polar surface area (TPSA) is 9.23 Å². The van der Waals surface area contributed by atoms with Gasteiger partial charge in [-0.25, -0.2) is 4.39 Å². The van der Waals surface area contributed by atoms with E-state index in [4.69, 9.17) is 4.74 Å². The summed E-state index contributed by atoms with van der Waals surface area (Å²) in [5, 5.41) is 0. The average molecular weight is 317 g/mol. The Hall–Kier alpha value is -0.410. The Morgan fingerprint density at radius 2 is 2.06 bits per heavy atom. The van der Waals surface area contributed by atoms with Crippen molar-refractivity contribution in [3.05, 3.63) is 34.1 Å². The fourth-order valence-electron chi connectivity index (χ4n) is 1.94. The number of ether oxygens (including phenoxy) is 1. The largest absolute Gasteiger partial charge is 0.376 e. The first kappa shape index (κ1) is 15.6. The highest BCUT2D eigenvalue weighted by atomic mass is 79.9. The van der Waals surface area contributed by atoms with E-state index in [1.807, 2.05) is 6.07 Å².